The zero-order chi connectivity index (χ0) is 20.5. The Balaban J connectivity index is 1.92. The maximum Gasteiger partial charge on any atom is 0.418 e. The van der Waals surface area contributed by atoms with E-state index in [1.165, 1.54) is 11.9 Å². The van der Waals surface area contributed by atoms with Crippen molar-refractivity contribution in [2.45, 2.75) is 37.7 Å². The van der Waals surface area contributed by atoms with E-state index in [4.69, 9.17) is 0 Å². The van der Waals surface area contributed by atoms with Gasteiger partial charge in [-0.15, -0.1) is 0 Å². The Bertz CT molecular complexity index is 805. The summed E-state index contributed by atoms with van der Waals surface area (Å²) in [5, 5.41) is 4.54. The lowest BCUT2D eigenvalue weighted by Crippen LogP contribution is -2.20. The highest BCUT2D eigenvalue weighted by Crippen LogP contribution is 2.42. The highest BCUT2D eigenvalue weighted by molar-refractivity contribution is 5.67. The minimum atomic E-state index is -4.91. The van der Waals surface area contributed by atoms with Crippen molar-refractivity contribution in [3.63, 3.8) is 0 Å². The molecule has 0 amide bonds. The topological polar surface area (TPSA) is 17.3 Å². The summed E-state index contributed by atoms with van der Waals surface area (Å²) < 4.78 is 78.7. The van der Waals surface area contributed by atoms with E-state index >= 15 is 0 Å². The maximum absolute atomic E-state index is 13.4. The van der Waals surface area contributed by atoms with Crippen molar-refractivity contribution in [1.82, 2.24) is 5.32 Å². The van der Waals surface area contributed by atoms with Gasteiger partial charge in [-0.2, -0.15) is 26.3 Å². The molecule has 151 valence electrons. The number of hydrogen-bond donors (Lipinski definition) is 0. The first-order valence-electron chi connectivity index (χ1n) is 8.86. The molecule has 1 aliphatic rings. The van der Waals surface area contributed by atoms with Crippen LogP contribution < -0.4 is 10.2 Å². The summed E-state index contributed by atoms with van der Waals surface area (Å²) in [5.74, 6) is 0. The SMILES string of the molecule is CN(c1ccc(C2CCCC[N]2)cc1)c1ccc(C(F)(F)F)cc1C(F)(F)F. The minimum Gasteiger partial charge on any atom is -0.344 e. The number of hydrogen-bond acceptors (Lipinski definition) is 1. The molecule has 0 bridgehead atoms. The van der Waals surface area contributed by atoms with E-state index < -0.39 is 23.5 Å². The highest BCUT2D eigenvalue weighted by atomic mass is 19.4. The van der Waals surface area contributed by atoms with Gasteiger partial charge in [0.05, 0.1) is 16.8 Å². The number of piperidine rings is 1. The van der Waals surface area contributed by atoms with Crippen molar-refractivity contribution in [2.75, 3.05) is 18.5 Å². The Labute approximate surface area is 159 Å². The molecular formula is C20H19F6N2. The molecule has 1 atom stereocenters. The second-order valence-electron chi connectivity index (χ2n) is 6.80. The largest absolute Gasteiger partial charge is 0.418 e. The van der Waals surface area contributed by atoms with Gasteiger partial charge in [0.1, 0.15) is 0 Å². The van der Waals surface area contributed by atoms with E-state index in [0.717, 1.165) is 37.4 Å². The van der Waals surface area contributed by atoms with Gasteiger partial charge in [0, 0.05) is 25.3 Å². The van der Waals surface area contributed by atoms with Gasteiger partial charge in [-0.1, -0.05) is 18.6 Å². The standard InChI is InChI=1S/C20H19F6N2/c1-28(15-8-5-13(6-9-15)17-4-2-3-11-27-17)18-10-7-14(19(21,22)23)12-16(18)20(24,25)26/h5-10,12,17H,2-4,11H2,1H3. The molecule has 1 heterocycles. The molecule has 0 N–H and O–H groups in total. The van der Waals surface area contributed by atoms with Gasteiger partial charge in [0.2, 0.25) is 0 Å². The van der Waals surface area contributed by atoms with Crippen LogP contribution in [-0.2, 0) is 12.4 Å². The lowest BCUT2D eigenvalue weighted by Gasteiger charge is -2.26. The normalized spacial score (nSPS) is 18.2. The summed E-state index contributed by atoms with van der Waals surface area (Å²) in [6.07, 6.45) is -6.68. The van der Waals surface area contributed by atoms with Crippen LogP contribution in [0.4, 0.5) is 37.7 Å². The van der Waals surface area contributed by atoms with E-state index in [0.29, 0.717) is 11.8 Å². The summed E-state index contributed by atoms with van der Waals surface area (Å²) in [7, 11) is 1.40. The molecule has 1 radical (unpaired) electrons. The molecule has 0 aromatic heterocycles. The van der Waals surface area contributed by atoms with Gasteiger partial charge in [0.25, 0.3) is 0 Å². The van der Waals surface area contributed by atoms with Crippen LogP contribution in [0, 0.1) is 0 Å². The van der Waals surface area contributed by atoms with Gasteiger partial charge in [0.15, 0.2) is 0 Å². The van der Waals surface area contributed by atoms with Gasteiger partial charge >= 0.3 is 12.4 Å². The Morgan fingerprint density at radius 3 is 2.11 bits per heavy atom. The number of nitrogens with zero attached hydrogens (tertiary/aromatic N) is 2. The van der Waals surface area contributed by atoms with Crippen LogP contribution >= 0.6 is 0 Å². The molecule has 0 spiro atoms. The van der Waals surface area contributed by atoms with E-state index in [1.807, 2.05) is 12.1 Å². The van der Waals surface area contributed by atoms with E-state index in [-0.39, 0.29) is 17.8 Å². The summed E-state index contributed by atoms with van der Waals surface area (Å²) in [6.45, 7) is 0.798. The molecule has 1 unspecified atom stereocenters. The predicted octanol–water partition coefficient (Wildman–Crippen LogP) is 6.32. The summed E-state index contributed by atoms with van der Waals surface area (Å²) in [4.78, 5) is 1.24. The van der Waals surface area contributed by atoms with Crippen molar-refractivity contribution < 1.29 is 26.3 Å². The molecule has 3 rings (SSSR count). The third kappa shape index (κ3) is 4.43. The smallest absolute Gasteiger partial charge is 0.344 e. The lowest BCUT2D eigenvalue weighted by atomic mass is 9.97. The second kappa shape index (κ2) is 7.66. The highest BCUT2D eigenvalue weighted by Gasteiger charge is 2.39. The van der Waals surface area contributed by atoms with E-state index in [2.05, 4.69) is 5.32 Å². The molecule has 2 aromatic rings. The van der Waals surface area contributed by atoms with E-state index in [9.17, 15) is 26.3 Å². The molecular weight excluding hydrogens is 382 g/mol. The molecule has 0 saturated carbocycles. The number of anilines is 2. The van der Waals surface area contributed by atoms with Gasteiger partial charge in [-0.25, -0.2) is 5.32 Å². The van der Waals surface area contributed by atoms with Crippen molar-refractivity contribution in [3.8, 4) is 0 Å². The predicted molar refractivity (Wildman–Crippen MR) is 94.5 cm³/mol. The maximum atomic E-state index is 13.4. The monoisotopic (exact) mass is 401 g/mol. The number of rotatable bonds is 3. The van der Waals surface area contributed by atoms with Crippen molar-refractivity contribution in [1.29, 1.82) is 0 Å². The van der Waals surface area contributed by atoms with Crippen LogP contribution in [0.5, 0.6) is 0 Å². The molecule has 2 nitrogen and oxygen atoms in total. The molecule has 8 heteroatoms. The Morgan fingerprint density at radius 2 is 1.57 bits per heavy atom. The Hall–Kier alpha value is -2.22. The summed E-state index contributed by atoms with van der Waals surface area (Å²) >= 11 is 0. The Kier molecular flexibility index (Phi) is 5.61. The first-order chi connectivity index (χ1) is 13.1. The number of alkyl halides is 6. The third-order valence-corrected chi connectivity index (χ3v) is 4.89. The average Bonchev–Trinajstić information content (AvgIpc) is 2.66. The molecule has 1 aliphatic heterocycles. The fourth-order valence-electron chi connectivity index (χ4n) is 3.35. The zero-order valence-electron chi connectivity index (χ0n) is 15.1. The van der Waals surface area contributed by atoms with Gasteiger partial charge in [-0.3, -0.25) is 0 Å². The number of halogens is 6. The minimum absolute atomic E-state index is 0.0879. The zero-order valence-corrected chi connectivity index (χ0v) is 15.1. The van der Waals surface area contributed by atoms with Crippen LogP contribution in [0.15, 0.2) is 42.5 Å². The first kappa shape index (κ1) is 20.5. The molecule has 2 aromatic carbocycles. The van der Waals surface area contributed by atoms with Crippen molar-refractivity contribution in [3.05, 3.63) is 59.2 Å². The molecule has 0 aliphatic carbocycles. The van der Waals surface area contributed by atoms with Gasteiger partial charge in [-0.05, 0) is 48.7 Å². The molecule has 1 fully saturated rings. The van der Waals surface area contributed by atoms with Crippen molar-refractivity contribution in [2.24, 2.45) is 0 Å². The average molecular weight is 401 g/mol. The summed E-state index contributed by atoms with van der Waals surface area (Å²) in [6, 6.07) is 8.71. The van der Waals surface area contributed by atoms with Crippen LogP contribution in [0.25, 0.3) is 0 Å². The quantitative estimate of drug-likeness (QED) is 0.550. The fourth-order valence-corrected chi connectivity index (χ4v) is 3.35. The third-order valence-electron chi connectivity index (χ3n) is 4.89. The molecule has 28 heavy (non-hydrogen) atoms. The molecule has 1 saturated heterocycles. The Morgan fingerprint density at radius 1 is 0.893 bits per heavy atom. The first-order valence-corrected chi connectivity index (χ1v) is 8.86. The van der Waals surface area contributed by atoms with Gasteiger partial charge < -0.3 is 4.90 Å². The van der Waals surface area contributed by atoms with Crippen LogP contribution in [0.3, 0.4) is 0 Å². The van der Waals surface area contributed by atoms with Crippen molar-refractivity contribution >= 4 is 11.4 Å². The van der Waals surface area contributed by atoms with Crippen LogP contribution in [-0.4, -0.2) is 13.6 Å². The lowest BCUT2D eigenvalue weighted by molar-refractivity contribution is -0.142. The van der Waals surface area contributed by atoms with Crippen LogP contribution in [0.1, 0.15) is 42.0 Å². The fraction of sp³-hybridized carbons (Fsp3) is 0.400. The van der Waals surface area contributed by atoms with E-state index in [1.54, 1.807) is 12.1 Å². The van der Waals surface area contributed by atoms with Crippen LogP contribution in [0.2, 0.25) is 0 Å². The summed E-state index contributed by atoms with van der Waals surface area (Å²) in [5.41, 5.74) is -1.55. The second-order valence-corrected chi connectivity index (χ2v) is 6.80. The number of benzene rings is 2.